The fourth-order valence-electron chi connectivity index (χ4n) is 4.43. The van der Waals surface area contributed by atoms with Crippen LogP contribution >= 0.6 is 11.3 Å². The van der Waals surface area contributed by atoms with Gasteiger partial charge in [-0.3, -0.25) is 9.59 Å². The largest absolute Gasteiger partial charge is 0.503 e. The lowest BCUT2D eigenvalue weighted by Gasteiger charge is -2.29. The molecule has 1 amide bonds. The normalized spacial score (nSPS) is 21.7. The van der Waals surface area contributed by atoms with Crippen molar-refractivity contribution in [3.8, 4) is 0 Å². The van der Waals surface area contributed by atoms with Crippen molar-refractivity contribution in [3.05, 3.63) is 81.8 Å². The van der Waals surface area contributed by atoms with E-state index in [-0.39, 0.29) is 17.5 Å². The van der Waals surface area contributed by atoms with Crippen molar-refractivity contribution >= 4 is 33.8 Å². The van der Waals surface area contributed by atoms with Crippen molar-refractivity contribution in [2.24, 2.45) is 0 Å². The Morgan fingerprint density at radius 2 is 1.97 bits per heavy atom. The van der Waals surface area contributed by atoms with Crippen LogP contribution in [0, 0.1) is 0 Å². The van der Waals surface area contributed by atoms with E-state index in [1.54, 1.807) is 17.0 Å². The smallest absolute Gasteiger partial charge is 0.290 e. The van der Waals surface area contributed by atoms with Crippen molar-refractivity contribution in [2.45, 2.75) is 25.0 Å². The summed E-state index contributed by atoms with van der Waals surface area (Å²) >= 11 is 1.31. The van der Waals surface area contributed by atoms with Crippen LogP contribution in [-0.4, -0.2) is 41.0 Å². The molecule has 0 saturated carbocycles. The quantitative estimate of drug-likeness (QED) is 0.611. The number of benzene rings is 2. The number of hydrogen-bond donors (Lipinski definition) is 1. The second-order valence-electron chi connectivity index (χ2n) is 7.63. The van der Waals surface area contributed by atoms with E-state index in [0.29, 0.717) is 18.0 Å². The summed E-state index contributed by atoms with van der Waals surface area (Å²) in [5.41, 5.74) is 0.986. The van der Waals surface area contributed by atoms with E-state index in [9.17, 15) is 14.7 Å². The van der Waals surface area contributed by atoms with Crippen LogP contribution < -0.4 is 0 Å². The van der Waals surface area contributed by atoms with Gasteiger partial charge < -0.3 is 14.7 Å². The van der Waals surface area contributed by atoms with Crippen molar-refractivity contribution in [3.63, 3.8) is 0 Å². The van der Waals surface area contributed by atoms with Gasteiger partial charge in [0.1, 0.15) is 0 Å². The van der Waals surface area contributed by atoms with Gasteiger partial charge in [-0.25, -0.2) is 0 Å². The van der Waals surface area contributed by atoms with E-state index >= 15 is 0 Å². The Balaban J connectivity index is 1.66. The van der Waals surface area contributed by atoms with Gasteiger partial charge in [-0.05, 0) is 40.6 Å². The molecule has 6 heteroatoms. The van der Waals surface area contributed by atoms with Crippen molar-refractivity contribution < 1.29 is 19.4 Å². The van der Waals surface area contributed by atoms with E-state index < -0.39 is 17.7 Å². The number of hydrogen-bond acceptors (Lipinski definition) is 5. The highest BCUT2D eigenvalue weighted by atomic mass is 32.1. The molecule has 2 aromatic carbocycles. The summed E-state index contributed by atoms with van der Waals surface area (Å²) in [6, 6.07) is 16.6. The summed E-state index contributed by atoms with van der Waals surface area (Å²) < 4.78 is 5.76. The lowest BCUT2D eigenvalue weighted by atomic mass is 9.91. The Kier molecular flexibility index (Phi) is 4.89. The molecular formula is C24H21NO4S. The molecule has 2 atom stereocenters. The molecule has 1 fully saturated rings. The Bertz CT molecular complexity index is 1140. The first-order valence-electron chi connectivity index (χ1n) is 10.1. The molecule has 5 rings (SSSR count). The molecule has 1 N–H and O–H groups in total. The standard InChI is InChI=1S/C24H21NO4S/c26-22(19-11-5-13-30-19)20-21(18-10-3-7-15-6-1-2-9-17(15)18)25(24(28)23(20)27)14-16-8-4-12-29-16/h1-3,5-7,9-11,13,16,21,27H,4,8,12,14H2. The fourth-order valence-corrected chi connectivity index (χ4v) is 5.11. The lowest BCUT2D eigenvalue weighted by Crippen LogP contribution is -2.37. The van der Waals surface area contributed by atoms with Gasteiger partial charge >= 0.3 is 0 Å². The summed E-state index contributed by atoms with van der Waals surface area (Å²) in [5.74, 6) is -1.27. The molecule has 5 nitrogen and oxygen atoms in total. The highest BCUT2D eigenvalue weighted by Crippen LogP contribution is 2.42. The molecule has 0 spiro atoms. The van der Waals surface area contributed by atoms with Crippen LogP contribution in [0.15, 0.2) is 71.3 Å². The average molecular weight is 420 g/mol. The first-order chi connectivity index (χ1) is 14.6. The van der Waals surface area contributed by atoms with Crippen LogP contribution in [-0.2, 0) is 9.53 Å². The number of carbonyl (C=O) groups excluding carboxylic acids is 2. The van der Waals surface area contributed by atoms with Crippen LogP contribution in [0.2, 0.25) is 0 Å². The summed E-state index contributed by atoms with van der Waals surface area (Å²) in [4.78, 5) is 28.6. The number of nitrogens with zero attached hydrogens (tertiary/aromatic N) is 1. The third kappa shape index (κ3) is 3.13. The van der Waals surface area contributed by atoms with Gasteiger partial charge in [0.25, 0.3) is 5.91 Å². The monoisotopic (exact) mass is 419 g/mol. The van der Waals surface area contributed by atoms with Gasteiger partial charge in [-0.15, -0.1) is 11.3 Å². The number of aliphatic hydroxyl groups excluding tert-OH is 1. The average Bonchev–Trinajstić information content (AvgIpc) is 3.52. The van der Waals surface area contributed by atoms with Gasteiger partial charge in [0.05, 0.1) is 22.6 Å². The molecule has 2 aliphatic rings. The SMILES string of the molecule is O=C(C1=C(O)C(=O)N(CC2CCCO2)C1c1cccc2ccccc12)c1cccs1. The molecule has 2 unspecified atom stereocenters. The minimum atomic E-state index is -0.651. The molecule has 3 aromatic rings. The minimum Gasteiger partial charge on any atom is -0.503 e. The first kappa shape index (κ1) is 19.0. The van der Waals surface area contributed by atoms with Crippen molar-refractivity contribution in [1.29, 1.82) is 0 Å². The predicted octanol–water partition coefficient (Wildman–Crippen LogP) is 4.66. The molecule has 152 valence electrons. The highest BCUT2D eigenvalue weighted by molar-refractivity contribution is 7.12. The van der Waals surface area contributed by atoms with E-state index in [1.165, 1.54) is 11.3 Å². The van der Waals surface area contributed by atoms with Gasteiger partial charge in [0.15, 0.2) is 5.76 Å². The lowest BCUT2D eigenvalue weighted by molar-refractivity contribution is -0.131. The Hall–Kier alpha value is -2.96. The van der Waals surface area contributed by atoms with Crippen LogP contribution in [0.5, 0.6) is 0 Å². The molecule has 0 aliphatic carbocycles. The van der Waals surface area contributed by atoms with Crippen LogP contribution in [0.1, 0.15) is 34.1 Å². The number of aliphatic hydroxyl groups is 1. The summed E-state index contributed by atoms with van der Waals surface area (Å²) in [6.45, 7) is 1.02. The maximum Gasteiger partial charge on any atom is 0.290 e. The third-order valence-corrected chi connectivity index (χ3v) is 6.70. The fraction of sp³-hybridized carbons (Fsp3) is 0.250. The molecule has 1 saturated heterocycles. The second kappa shape index (κ2) is 7.70. The Morgan fingerprint density at radius 1 is 1.13 bits per heavy atom. The van der Waals surface area contributed by atoms with Crippen LogP contribution in [0.3, 0.4) is 0 Å². The molecule has 3 heterocycles. The summed E-state index contributed by atoms with van der Waals surface area (Å²) in [5, 5.41) is 14.6. The zero-order valence-electron chi connectivity index (χ0n) is 16.3. The second-order valence-corrected chi connectivity index (χ2v) is 8.58. The maximum atomic E-state index is 13.3. The van der Waals surface area contributed by atoms with Crippen LogP contribution in [0.4, 0.5) is 0 Å². The molecule has 1 aromatic heterocycles. The zero-order valence-corrected chi connectivity index (χ0v) is 17.1. The summed E-state index contributed by atoms with van der Waals surface area (Å²) in [6.07, 6.45) is 1.72. The number of ether oxygens (including phenoxy) is 1. The number of thiophene rings is 1. The number of rotatable bonds is 5. The zero-order chi connectivity index (χ0) is 20.7. The van der Waals surface area contributed by atoms with E-state index in [0.717, 1.165) is 29.2 Å². The predicted molar refractivity (Wildman–Crippen MR) is 116 cm³/mol. The topological polar surface area (TPSA) is 66.8 Å². The number of fused-ring (bicyclic) bond motifs is 1. The van der Waals surface area contributed by atoms with E-state index in [2.05, 4.69) is 0 Å². The molecule has 2 aliphatic heterocycles. The van der Waals surface area contributed by atoms with Crippen molar-refractivity contribution in [1.82, 2.24) is 4.90 Å². The van der Waals surface area contributed by atoms with Crippen LogP contribution in [0.25, 0.3) is 10.8 Å². The first-order valence-corrected chi connectivity index (χ1v) is 10.9. The number of amides is 1. The summed E-state index contributed by atoms with van der Waals surface area (Å²) in [7, 11) is 0. The minimum absolute atomic E-state index is 0.0876. The maximum absolute atomic E-state index is 13.3. The van der Waals surface area contributed by atoms with Gasteiger partial charge in [0.2, 0.25) is 5.78 Å². The molecule has 0 radical (unpaired) electrons. The van der Waals surface area contributed by atoms with Crippen molar-refractivity contribution in [2.75, 3.05) is 13.2 Å². The van der Waals surface area contributed by atoms with Gasteiger partial charge in [0, 0.05) is 13.2 Å². The number of carbonyl (C=O) groups is 2. The number of ketones is 1. The van der Waals surface area contributed by atoms with Gasteiger partial charge in [-0.1, -0.05) is 48.5 Å². The third-order valence-electron chi connectivity index (χ3n) is 5.84. The van der Waals surface area contributed by atoms with E-state index in [4.69, 9.17) is 4.74 Å². The Labute approximate surface area is 178 Å². The molecular weight excluding hydrogens is 398 g/mol. The molecule has 30 heavy (non-hydrogen) atoms. The van der Waals surface area contributed by atoms with E-state index in [1.807, 2.05) is 47.8 Å². The Morgan fingerprint density at radius 3 is 2.73 bits per heavy atom. The number of Topliss-reactive ketones (excluding diaryl/α,β-unsaturated/α-hetero) is 1. The molecule has 0 bridgehead atoms. The van der Waals surface area contributed by atoms with Gasteiger partial charge in [-0.2, -0.15) is 0 Å². The highest BCUT2D eigenvalue weighted by Gasteiger charge is 2.45.